The Labute approximate surface area is 109 Å². The molecule has 1 unspecified atom stereocenters. The van der Waals surface area contributed by atoms with Crippen molar-refractivity contribution in [3.05, 3.63) is 0 Å². The van der Waals surface area contributed by atoms with E-state index >= 15 is 0 Å². The molecule has 0 fully saturated rings. The van der Waals surface area contributed by atoms with Crippen molar-refractivity contribution in [1.82, 2.24) is 5.32 Å². The highest BCUT2D eigenvalue weighted by Gasteiger charge is 2.22. The third-order valence-electron chi connectivity index (χ3n) is 3.45. The van der Waals surface area contributed by atoms with Crippen molar-refractivity contribution in [3.8, 4) is 0 Å². The Morgan fingerprint density at radius 1 is 1.24 bits per heavy atom. The van der Waals surface area contributed by atoms with Crippen molar-refractivity contribution in [3.63, 3.8) is 0 Å². The maximum atomic E-state index is 5.07. The molecule has 2 nitrogen and oxygen atoms in total. The average molecular weight is 243 g/mol. The molecular weight excluding hydrogens is 210 g/mol. The van der Waals surface area contributed by atoms with Gasteiger partial charge in [-0.15, -0.1) is 0 Å². The molecular formula is C15H33NO. The van der Waals surface area contributed by atoms with E-state index in [4.69, 9.17) is 4.74 Å². The van der Waals surface area contributed by atoms with Crippen molar-refractivity contribution in [1.29, 1.82) is 0 Å². The van der Waals surface area contributed by atoms with Gasteiger partial charge in [-0.1, -0.05) is 47.0 Å². The van der Waals surface area contributed by atoms with Crippen LogP contribution in [-0.4, -0.2) is 26.8 Å². The Kier molecular flexibility index (Phi) is 9.85. The Balaban J connectivity index is 3.88. The fourth-order valence-electron chi connectivity index (χ4n) is 2.41. The number of nitrogens with one attached hydrogen (secondary N) is 1. The summed E-state index contributed by atoms with van der Waals surface area (Å²) in [6.45, 7) is 12.3. The van der Waals surface area contributed by atoms with Crippen LogP contribution in [0.1, 0.15) is 59.8 Å². The van der Waals surface area contributed by atoms with Crippen LogP contribution >= 0.6 is 0 Å². The van der Waals surface area contributed by atoms with Gasteiger partial charge < -0.3 is 10.1 Å². The first-order valence-corrected chi connectivity index (χ1v) is 7.23. The Bertz CT molecular complexity index is 170. The summed E-state index contributed by atoms with van der Waals surface area (Å²) in [6, 6.07) is 0. The highest BCUT2D eigenvalue weighted by atomic mass is 16.5. The van der Waals surface area contributed by atoms with E-state index in [9.17, 15) is 0 Å². The number of rotatable bonds is 11. The van der Waals surface area contributed by atoms with E-state index in [-0.39, 0.29) is 0 Å². The number of hydrogen-bond acceptors (Lipinski definition) is 2. The minimum absolute atomic E-state index is 0.470. The summed E-state index contributed by atoms with van der Waals surface area (Å²) in [5.74, 6) is 0.835. The van der Waals surface area contributed by atoms with Crippen LogP contribution in [-0.2, 0) is 4.74 Å². The number of hydrogen-bond donors (Lipinski definition) is 1. The van der Waals surface area contributed by atoms with E-state index in [0.29, 0.717) is 5.41 Å². The maximum Gasteiger partial charge on any atom is 0.0587 e. The van der Waals surface area contributed by atoms with E-state index in [1.54, 1.807) is 7.11 Å². The van der Waals surface area contributed by atoms with Gasteiger partial charge in [0.1, 0.15) is 0 Å². The standard InChI is InChI=1S/C15H33NO/c1-6-9-15(4,10-7-8-14(2)3)13-16-11-12-17-5/h14,16H,6-13H2,1-5H3. The van der Waals surface area contributed by atoms with E-state index in [1.165, 1.54) is 32.1 Å². The molecule has 0 rings (SSSR count). The van der Waals surface area contributed by atoms with Crippen LogP contribution in [0, 0.1) is 11.3 Å². The second-order valence-corrected chi connectivity index (χ2v) is 6.02. The predicted molar refractivity (Wildman–Crippen MR) is 76.4 cm³/mol. The van der Waals surface area contributed by atoms with Crippen LogP contribution in [0.4, 0.5) is 0 Å². The first-order valence-electron chi connectivity index (χ1n) is 7.23. The Morgan fingerprint density at radius 2 is 1.94 bits per heavy atom. The van der Waals surface area contributed by atoms with Crippen LogP contribution in [0.5, 0.6) is 0 Å². The number of ether oxygens (including phenoxy) is 1. The summed E-state index contributed by atoms with van der Waals surface area (Å²) >= 11 is 0. The smallest absolute Gasteiger partial charge is 0.0587 e. The average Bonchev–Trinajstić information content (AvgIpc) is 2.24. The molecule has 0 aromatic carbocycles. The van der Waals surface area contributed by atoms with Crippen molar-refractivity contribution in [2.24, 2.45) is 11.3 Å². The minimum Gasteiger partial charge on any atom is -0.383 e. The SMILES string of the molecule is CCCC(C)(CCCC(C)C)CNCCOC. The molecule has 0 amide bonds. The maximum absolute atomic E-state index is 5.07. The van der Waals surface area contributed by atoms with Crippen molar-refractivity contribution < 1.29 is 4.74 Å². The molecule has 1 N–H and O–H groups in total. The van der Waals surface area contributed by atoms with Crippen molar-refractivity contribution in [2.75, 3.05) is 26.8 Å². The molecule has 0 aliphatic heterocycles. The van der Waals surface area contributed by atoms with E-state index < -0.39 is 0 Å². The summed E-state index contributed by atoms with van der Waals surface area (Å²) in [6.07, 6.45) is 6.67. The fraction of sp³-hybridized carbons (Fsp3) is 1.00. The lowest BCUT2D eigenvalue weighted by atomic mass is 9.80. The lowest BCUT2D eigenvalue weighted by Gasteiger charge is -2.30. The monoisotopic (exact) mass is 243 g/mol. The van der Waals surface area contributed by atoms with Crippen LogP contribution in [0.3, 0.4) is 0 Å². The highest BCUT2D eigenvalue weighted by Crippen LogP contribution is 2.29. The van der Waals surface area contributed by atoms with Crippen LogP contribution in [0.25, 0.3) is 0 Å². The molecule has 104 valence electrons. The molecule has 0 saturated heterocycles. The quantitative estimate of drug-likeness (QED) is 0.556. The molecule has 0 heterocycles. The van der Waals surface area contributed by atoms with Gasteiger partial charge in [0.05, 0.1) is 6.61 Å². The zero-order valence-corrected chi connectivity index (χ0v) is 12.6. The summed E-state index contributed by atoms with van der Waals surface area (Å²) in [5.41, 5.74) is 0.470. The lowest BCUT2D eigenvalue weighted by molar-refractivity contribution is 0.186. The van der Waals surface area contributed by atoms with Gasteiger partial charge in [0.25, 0.3) is 0 Å². The van der Waals surface area contributed by atoms with Gasteiger partial charge in [0, 0.05) is 20.2 Å². The summed E-state index contributed by atoms with van der Waals surface area (Å²) in [7, 11) is 1.76. The van der Waals surface area contributed by atoms with Gasteiger partial charge in [0.15, 0.2) is 0 Å². The predicted octanol–water partition coefficient (Wildman–Crippen LogP) is 3.86. The van der Waals surface area contributed by atoms with Crippen molar-refractivity contribution >= 4 is 0 Å². The molecule has 0 spiro atoms. The largest absolute Gasteiger partial charge is 0.383 e. The molecule has 0 bridgehead atoms. The lowest BCUT2D eigenvalue weighted by Crippen LogP contribution is -2.33. The highest BCUT2D eigenvalue weighted by molar-refractivity contribution is 4.76. The minimum atomic E-state index is 0.470. The van der Waals surface area contributed by atoms with Gasteiger partial charge in [0.2, 0.25) is 0 Å². The van der Waals surface area contributed by atoms with Gasteiger partial charge in [-0.05, 0) is 24.2 Å². The normalized spacial score (nSPS) is 15.2. The zero-order chi connectivity index (χ0) is 13.1. The van der Waals surface area contributed by atoms with Crippen LogP contribution in [0.15, 0.2) is 0 Å². The third-order valence-corrected chi connectivity index (χ3v) is 3.45. The van der Waals surface area contributed by atoms with E-state index in [1.807, 2.05) is 0 Å². The molecule has 17 heavy (non-hydrogen) atoms. The molecule has 0 aromatic rings. The first-order chi connectivity index (χ1) is 8.04. The van der Waals surface area contributed by atoms with Gasteiger partial charge in [-0.3, -0.25) is 0 Å². The van der Waals surface area contributed by atoms with Gasteiger partial charge in [-0.2, -0.15) is 0 Å². The molecule has 0 radical (unpaired) electrons. The van der Waals surface area contributed by atoms with Crippen LogP contribution in [0.2, 0.25) is 0 Å². The third kappa shape index (κ3) is 9.61. The number of methoxy groups -OCH3 is 1. The fourth-order valence-corrected chi connectivity index (χ4v) is 2.41. The topological polar surface area (TPSA) is 21.3 Å². The molecule has 1 atom stereocenters. The van der Waals surface area contributed by atoms with Crippen LogP contribution < -0.4 is 5.32 Å². The second-order valence-electron chi connectivity index (χ2n) is 6.02. The van der Waals surface area contributed by atoms with E-state index in [2.05, 4.69) is 33.0 Å². The molecule has 0 aromatic heterocycles. The van der Waals surface area contributed by atoms with Gasteiger partial charge in [-0.25, -0.2) is 0 Å². The molecule has 0 aliphatic carbocycles. The Morgan fingerprint density at radius 3 is 2.47 bits per heavy atom. The first kappa shape index (κ1) is 16.9. The Hall–Kier alpha value is -0.0800. The van der Waals surface area contributed by atoms with Gasteiger partial charge >= 0.3 is 0 Å². The molecule has 2 heteroatoms. The second kappa shape index (κ2) is 9.90. The summed E-state index contributed by atoms with van der Waals surface area (Å²) in [5, 5.41) is 3.52. The molecule has 0 saturated carbocycles. The summed E-state index contributed by atoms with van der Waals surface area (Å²) in [4.78, 5) is 0. The summed E-state index contributed by atoms with van der Waals surface area (Å²) < 4.78 is 5.07. The molecule has 0 aliphatic rings. The van der Waals surface area contributed by atoms with Crippen molar-refractivity contribution in [2.45, 2.75) is 59.8 Å². The zero-order valence-electron chi connectivity index (χ0n) is 12.6. The van der Waals surface area contributed by atoms with E-state index in [0.717, 1.165) is 25.6 Å².